The predicted molar refractivity (Wildman–Crippen MR) is 135 cm³/mol. The fourth-order valence-corrected chi connectivity index (χ4v) is 7.95. The zero-order chi connectivity index (χ0) is 23.7. The maximum Gasteiger partial charge on any atom is 0.156 e. The largest absolute Gasteiger partial charge is 0.378 e. The molecule has 1 saturated carbocycles. The maximum absolute atomic E-state index is 12.3. The molecule has 2 aliphatic heterocycles. The van der Waals surface area contributed by atoms with Crippen molar-refractivity contribution in [3.63, 3.8) is 0 Å². The minimum Gasteiger partial charge on any atom is -0.378 e. The number of carbonyl (C=O) groups is 1. The lowest BCUT2D eigenvalue weighted by Gasteiger charge is -2.45. The number of anilines is 1. The third-order valence-corrected chi connectivity index (χ3v) is 9.72. The Morgan fingerprint density at radius 2 is 1.85 bits per heavy atom. The SMILES string of the molecule is C=C1CCOC12CC[C@H]1[C@@H]3CCC4=CC(=O)CCC4=C3[C@@H](c3ccc(N(C)C)cc3)OC[C@@]12C. The summed E-state index contributed by atoms with van der Waals surface area (Å²) < 4.78 is 13.5. The molecule has 0 radical (unpaired) electrons. The average molecular weight is 460 g/mol. The van der Waals surface area contributed by atoms with Crippen molar-refractivity contribution in [3.05, 3.63) is 64.8 Å². The van der Waals surface area contributed by atoms with Gasteiger partial charge in [0.1, 0.15) is 6.10 Å². The molecule has 0 N–H and O–H groups in total. The third kappa shape index (κ3) is 3.07. The number of allylic oxidation sites excluding steroid dienone is 3. The van der Waals surface area contributed by atoms with Gasteiger partial charge in [-0.25, -0.2) is 0 Å². The number of fused-ring (bicyclic) bond motifs is 5. The van der Waals surface area contributed by atoms with E-state index in [0.717, 1.165) is 45.1 Å². The smallest absolute Gasteiger partial charge is 0.156 e. The molecule has 0 bridgehead atoms. The molecule has 1 spiro atoms. The second-order valence-electron chi connectivity index (χ2n) is 11.5. The first kappa shape index (κ1) is 22.3. The third-order valence-electron chi connectivity index (χ3n) is 9.72. The fraction of sp³-hybridized carbons (Fsp3) is 0.567. The maximum atomic E-state index is 12.3. The van der Waals surface area contributed by atoms with Crippen LogP contribution in [0.1, 0.15) is 63.5 Å². The van der Waals surface area contributed by atoms with E-state index in [1.165, 1.54) is 33.5 Å². The molecule has 2 saturated heterocycles. The van der Waals surface area contributed by atoms with Crippen LogP contribution in [0.5, 0.6) is 0 Å². The molecule has 5 atom stereocenters. The lowest BCUT2D eigenvalue weighted by molar-refractivity contribution is -0.114. The van der Waals surface area contributed by atoms with E-state index in [0.29, 0.717) is 24.9 Å². The van der Waals surface area contributed by atoms with E-state index in [4.69, 9.17) is 9.47 Å². The van der Waals surface area contributed by atoms with Gasteiger partial charge in [-0.15, -0.1) is 0 Å². The van der Waals surface area contributed by atoms with Crippen molar-refractivity contribution in [2.45, 2.75) is 63.6 Å². The van der Waals surface area contributed by atoms with Crippen molar-refractivity contribution >= 4 is 11.5 Å². The number of ether oxygens (including phenoxy) is 2. The number of rotatable bonds is 2. The molecule has 1 aromatic rings. The van der Waals surface area contributed by atoms with E-state index in [2.05, 4.69) is 56.8 Å². The van der Waals surface area contributed by atoms with E-state index in [1.807, 2.05) is 6.08 Å². The molecule has 180 valence electrons. The van der Waals surface area contributed by atoms with Crippen LogP contribution in [0.25, 0.3) is 0 Å². The van der Waals surface area contributed by atoms with Crippen LogP contribution in [0.3, 0.4) is 0 Å². The summed E-state index contributed by atoms with van der Waals surface area (Å²) >= 11 is 0. The van der Waals surface area contributed by atoms with Crippen molar-refractivity contribution in [1.82, 2.24) is 0 Å². The fourth-order valence-electron chi connectivity index (χ4n) is 7.95. The number of nitrogens with zero attached hydrogens (tertiary/aromatic N) is 1. The number of hydrogen-bond donors (Lipinski definition) is 0. The van der Waals surface area contributed by atoms with Gasteiger partial charge in [0.15, 0.2) is 5.78 Å². The Kier molecular flexibility index (Phi) is 5.20. The minimum atomic E-state index is -0.254. The molecule has 3 aliphatic carbocycles. The number of carbonyl (C=O) groups excluding carboxylic acids is 1. The summed E-state index contributed by atoms with van der Waals surface area (Å²) in [4.78, 5) is 14.4. The highest BCUT2D eigenvalue weighted by Gasteiger charge is 2.64. The highest BCUT2D eigenvalue weighted by Crippen LogP contribution is 2.65. The summed E-state index contributed by atoms with van der Waals surface area (Å²) in [6.07, 6.45) is 8.60. The Bertz CT molecular complexity index is 1100. The first-order chi connectivity index (χ1) is 16.3. The first-order valence-electron chi connectivity index (χ1n) is 13.0. The molecule has 5 aliphatic rings. The molecule has 6 rings (SSSR count). The predicted octanol–water partition coefficient (Wildman–Crippen LogP) is 5.95. The standard InChI is InChI=1S/C30H37NO3/c1-19-14-16-34-30(19)15-13-26-25-11-7-21-17-23(32)10-12-24(21)27(25)28(33-18-29(26,30)2)20-5-8-22(9-6-20)31(3)4/h5-6,8-9,17,25-26,28H,1,7,10-16,18H2,2-4H3/t25-,26-,28+,29-,30?/m0/s1. The van der Waals surface area contributed by atoms with Crippen LogP contribution in [0.15, 0.2) is 59.2 Å². The van der Waals surface area contributed by atoms with Gasteiger partial charge in [0, 0.05) is 31.6 Å². The van der Waals surface area contributed by atoms with Gasteiger partial charge in [-0.05, 0) is 96.4 Å². The van der Waals surface area contributed by atoms with Crippen LogP contribution in [0, 0.1) is 17.3 Å². The minimum absolute atomic E-state index is 0.0674. The van der Waals surface area contributed by atoms with Crippen molar-refractivity contribution < 1.29 is 14.3 Å². The second-order valence-corrected chi connectivity index (χ2v) is 11.5. The molecule has 3 fully saturated rings. The monoisotopic (exact) mass is 459 g/mol. The van der Waals surface area contributed by atoms with Crippen molar-refractivity contribution in [3.8, 4) is 0 Å². The van der Waals surface area contributed by atoms with Crippen molar-refractivity contribution in [2.75, 3.05) is 32.2 Å². The van der Waals surface area contributed by atoms with E-state index < -0.39 is 0 Å². The van der Waals surface area contributed by atoms with Gasteiger partial charge >= 0.3 is 0 Å². The van der Waals surface area contributed by atoms with Crippen LogP contribution in [0.4, 0.5) is 5.69 Å². The Labute approximate surface area is 203 Å². The topological polar surface area (TPSA) is 38.8 Å². The van der Waals surface area contributed by atoms with E-state index in [1.54, 1.807) is 0 Å². The van der Waals surface area contributed by atoms with Gasteiger partial charge in [0.2, 0.25) is 0 Å². The Morgan fingerprint density at radius 3 is 2.56 bits per heavy atom. The van der Waals surface area contributed by atoms with Gasteiger partial charge < -0.3 is 14.4 Å². The van der Waals surface area contributed by atoms with Gasteiger partial charge in [-0.1, -0.05) is 25.6 Å². The van der Waals surface area contributed by atoms with Crippen LogP contribution in [-0.4, -0.2) is 38.7 Å². The van der Waals surface area contributed by atoms with Gasteiger partial charge in [-0.2, -0.15) is 0 Å². The summed E-state index contributed by atoms with van der Waals surface area (Å²) in [7, 11) is 4.15. The normalized spacial score (nSPS) is 37.3. The van der Waals surface area contributed by atoms with E-state index in [-0.39, 0.29) is 22.9 Å². The molecule has 0 amide bonds. The molecule has 1 aromatic carbocycles. The summed E-state index contributed by atoms with van der Waals surface area (Å²) in [6.45, 7) is 8.37. The van der Waals surface area contributed by atoms with Gasteiger partial charge in [0.25, 0.3) is 0 Å². The summed E-state index contributed by atoms with van der Waals surface area (Å²) in [6, 6.07) is 8.86. The molecule has 2 heterocycles. The second kappa shape index (κ2) is 7.93. The molecule has 0 aromatic heterocycles. The quantitative estimate of drug-likeness (QED) is 0.512. The van der Waals surface area contributed by atoms with Gasteiger partial charge in [-0.3, -0.25) is 4.79 Å². The van der Waals surface area contributed by atoms with Crippen LogP contribution in [0.2, 0.25) is 0 Å². The number of ketones is 1. The van der Waals surface area contributed by atoms with Crippen LogP contribution in [-0.2, 0) is 14.3 Å². The average Bonchev–Trinajstić information content (AvgIpc) is 3.30. The molecule has 4 heteroatoms. The molecule has 1 unspecified atom stereocenters. The summed E-state index contributed by atoms with van der Waals surface area (Å²) in [5, 5.41) is 0. The number of hydrogen-bond acceptors (Lipinski definition) is 4. The Balaban J connectivity index is 1.50. The van der Waals surface area contributed by atoms with Crippen molar-refractivity contribution in [2.24, 2.45) is 17.3 Å². The van der Waals surface area contributed by atoms with Gasteiger partial charge in [0.05, 0.1) is 18.8 Å². The van der Waals surface area contributed by atoms with Crippen LogP contribution < -0.4 is 4.90 Å². The lowest BCUT2D eigenvalue weighted by atomic mass is 9.61. The highest BCUT2D eigenvalue weighted by atomic mass is 16.5. The number of benzene rings is 1. The lowest BCUT2D eigenvalue weighted by Crippen LogP contribution is -2.49. The Morgan fingerprint density at radius 1 is 1.06 bits per heavy atom. The van der Waals surface area contributed by atoms with Crippen molar-refractivity contribution in [1.29, 1.82) is 0 Å². The van der Waals surface area contributed by atoms with E-state index >= 15 is 0 Å². The molecule has 34 heavy (non-hydrogen) atoms. The Hall–Kier alpha value is -2.17. The molecular formula is C30H37NO3. The molecular weight excluding hydrogens is 422 g/mol. The summed E-state index contributed by atoms with van der Waals surface area (Å²) in [5.41, 5.74) is 7.47. The van der Waals surface area contributed by atoms with E-state index in [9.17, 15) is 4.79 Å². The highest BCUT2D eigenvalue weighted by molar-refractivity contribution is 5.93. The first-order valence-corrected chi connectivity index (χ1v) is 13.0. The summed E-state index contributed by atoms with van der Waals surface area (Å²) in [5.74, 6) is 1.25. The molecule has 4 nitrogen and oxygen atoms in total. The zero-order valence-corrected chi connectivity index (χ0v) is 20.9. The van der Waals surface area contributed by atoms with Crippen LogP contribution >= 0.6 is 0 Å². The zero-order valence-electron chi connectivity index (χ0n) is 20.9.